The Morgan fingerprint density at radius 2 is 2.60 bits per heavy atom. The number of likely N-dealkylation sites (N-methyl/N-ethyl adjacent to an activating group) is 1. The third kappa shape index (κ3) is 1.08. The zero-order valence-corrected chi connectivity index (χ0v) is 5.79. The van der Waals surface area contributed by atoms with Crippen molar-refractivity contribution < 1.29 is 4.79 Å². The van der Waals surface area contributed by atoms with Crippen LogP contribution in [-0.4, -0.2) is 36.8 Å². The van der Waals surface area contributed by atoms with Crippen molar-refractivity contribution >= 4 is 11.7 Å². The van der Waals surface area contributed by atoms with E-state index in [0.29, 0.717) is 12.4 Å². The first-order chi connectivity index (χ1) is 4.75. The van der Waals surface area contributed by atoms with Gasteiger partial charge >= 0.3 is 0 Å². The number of hydrogen-bond acceptors (Lipinski definition) is 4. The fourth-order valence-corrected chi connectivity index (χ4v) is 0.842. The van der Waals surface area contributed by atoms with Crippen LogP contribution < -0.4 is 11.3 Å². The number of nitrogens with zero attached hydrogens (tertiary/aromatic N) is 2. The van der Waals surface area contributed by atoms with Crippen LogP contribution in [0.25, 0.3) is 0 Å². The molecule has 5 nitrogen and oxygen atoms in total. The van der Waals surface area contributed by atoms with Crippen LogP contribution in [0.15, 0.2) is 4.99 Å². The van der Waals surface area contributed by atoms with Crippen molar-refractivity contribution in [1.29, 1.82) is 0 Å². The first-order valence-electron chi connectivity index (χ1n) is 3.02. The zero-order valence-electron chi connectivity index (χ0n) is 5.79. The molecule has 1 rings (SSSR count). The Morgan fingerprint density at radius 1 is 1.90 bits per heavy atom. The first kappa shape index (κ1) is 7.01. The minimum Gasteiger partial charge on any atom is -0.353 e. The van der Waals surface area contributed by atoms with E-state index in [1.54, 1.807) is 11.9 Å². The second-order valence-corrected chi connectivity index (χ2v) is 2.10. The maximum atomic E-state index is 10.8. The number of hydrogen-bond donors (Lipinski definition) is 2. The molecule has 0 radical (unpaired) electrons. The van der Waals surface area contributed by atoms with Crippen molar-refractivity contribution in [3.63, 3.8) is 0 Å². The summed E-state index contributed by atoms with van der Waals surface area (Å²) in [6.07, 6.45) is 0. The van der Waals surface area contributed by atoms with E-state index in [-0.39, 0.29) is 5.91 Å². The number of aliphatic imine (C=N–C) groups is 1. The molecule has 0 bridgehead atoms. The molecule has 1 amide bonds. The van der Waals surface area contributed by atoms with Gasteiger partial charge in [0.1, 0.15) is 0 Å². The van der Waals surface area contributed by atoms with Gasteiger partial charge in [0.05, 0.1) is 6.54 Å². The lowest BCUT2D eigenvalue weighted by Gasteiger charge is -2.10. The molecule has 0 saturated carbocycles. The highest BCUT2D eigenvalue weighted by Crippen LogP contribution is 1.96. The molecule has 10 heavy (non-hydrogen) atoms. The lowest BCUT2D eigenvalue weighted by molar-refractivity contribution is -0.115. The number of nitrogens with two attached hydrogens (primary N) is 1. The average Bonchev–Trinajstić information content (AvgIpc) is 2.34. The molecular formula is C5H10N4O. The van der Waals surface area contributed by atoms with Gasteiger partial charge in [0, 0.05) is 13.6 Å². The summed E-state index contributed by atoms with van der Waals surface area (Å²) in [6.45, 7) is 1.47. The number of carbonyl (C=O) groups is 1. The fraction of sp³-hybridized carbons (Fsp3) is 0.600. The Bertz CT molecular complexity index is 176. The summed E-state index contributed by atoms with van der Waals surface area (Å²) >= 11 is 0. The summed E-state index contributed by atoms with van der Waals surface area (Å²) in [5.41, 5.74) is 2.03. The molecule has 0 unspecified atom stereocenters. The number of amides is 1. The lowest BCUT2D eigenvalue weighted by Crippen LogP contribution is -2.42. The van der Waals surface area contributed by atoms with Crippen LogP contribution in [0.2, 0.25) is 0 Å². The van der Waals surface area contributed by atoms with Gasteiger partial charge in [0.25, 0.3) is 5.91 Å². The molecule has 0 aromatic rings. The zero-order chi connectivity index (χ0) is 7.56. The van der Waals surface area contributed by atoms with Crippen LogP contribution in [-0.2, 0) is 4.79 Å². The SMILES string of the molecule is CN1CCN=C1C(=O)NN. The van der Waals surface area contributed by atoms with Crippen molar-refractivity contribution in [2.24, 2.45) is 10.8 Å². The number of rotatable bonds is 1. The van der Waals surface area contributed by atoms with Crippen molar-refractivity contribution in [3.8, 4) is 0 Å². The third-order valence-electron chi connectivity index (χ3n) is 1.39. The molecular weight excluding hydrogens is 132 g/mol. The molecule has 3 N–H and O–H groups in total. The van der Waals surface area contributed by atoms with E-state index < -0.39 is 0 Å². The fourth-order valence-electron chi connectivity index (χ4n) is 0.842. The van der Waals surface area contributed by atoms with Gasteiger partial charge in [-0.2, -0.15) is 0 Å². The maximum Gasteiger partial charge on any atom is 0.300 e. The van der Waals surface area contributed by atoms with E-state index in [1.165, 1.54) is 0 Å². The van der Waals surface area contributed by atoms with E-state index in [1.807, 2.05) is 5.43 Å². The summed E-state index contributed by atoms with van der Waals surface area (Å²) in [5.74, 6) is 5.01. The standard InChI is InChI=1S/C5H10N4O/c1-9-3-2-7-4(9)5(10)8-6/h2-3,6H2,1H3,(H,8,10). The topological polar surface area (TPSA) is 70.7 Å². The molecule has 0 aliphatic carbocycles. The van der Waals surface area contributed by atoms with Crippen LogP contribution in [0, 0.1) is 0 Å². The number of nitrogens with one attached hydrogen (secondary N) is 1. The Morgan fingerprint density at radius 3 is 3.00 bits per heavy atom. The molecule has 5 heteroatoms. The van der Waals surface area contributed by atoms with Crippen molar-refractivity contribution in [3.05, 3.63) is 0 Å². The minimum absolute atomic E-state index is 0.319. The third-order valence-corrected chi connectivity index (χ3v) is 1.39. The molecule has 0 saturated heterocycles. The smallest absolute Gasteiger partial charge is 0.300 e. The Hall–Kier alpha value is -1.10. The largest absolute Gasteiger partial charge is 0.353 e. The summed E-state index contributed by atoms with van der Waals surface area (Å²) in [7, 11) is 1.81. The van der Waals surface area contributed by atoms with Gasteiger partial charge in [-0.25, -0.2) is 5.84 Å². The number of hydrazine groups is 1. The number of amidine groups is 1. The molecule has 0 aromatic heterocycles. The second kappa shape index (κ2) is 2.66. The van der Waals surface area contributed by atoms with Crippen LogP contribution in [0.3, 0.4) is 0 Å². The predicted molar refractivity (Wildman–Crippen MR) is 37.3 cm³/mol. The van der Waals surface area contributed by atoms with Crippen LogP contribution >= 0.6 is 0 Å². The van der Waals surface area contributed by atoms with Gasteiger partial charge in [-0.1, -0.05) is 0 Å². The quantitative estimate of drug-likeness (QED) is 0.261. The molecule has 1 aliphatic heterocycles. The maximum absolute atomic E-state index is 10.8. The highest BCUT2D eigenvalue weighted by atomic mass is 16.2. The molecule has 0 fully saturated rings. The van der Waals surface area contributed by atoms with E-state index in [2.05, 4.69) is 4.99 Å². The van der Waals surface area contributed by atoms with E-state index in [9.17, 15) is 4.79 Å². The summed E-state index contributed by atoms with van der Waals surface area (Å²) in [4.78, 5) is 16.5. The van der Waals surface area contributed by atoms with Crippen LogP contribution in [0.1, 0.15) is 0 Å². The molecule has 0 spiro atoms. The number of carbonyl (C=O) groups excluding carboxylic acids is 1. The Balaban J connectivity index is 2.63. The summed E-state index contributed by atoms with van der Waals surface area (Å²) < 4.78 is 0. The average molecular weight is 142 g/mol. The molecule has 56 valence electrons. The van der Waals surface area contributed by atoms with Crippen molar-refractivity contribution in [1.82, 2.24) is 10.3 Å². The molecule has 1 heterocycles. The normalized spacial score (nSPS) is 17.0. The van der Waals surface area contributed by atoms with Crippen molar-refractivity contribution in [2.45, 2.75) is 0 Å². The van der Waals surface area contributed by atoms with Crippen LogP contribution in [0.4, 0.5) is 0 Å². The van der Waals surface area contributed by atoms with E-state index in [0.717, 1.165) is 6.54 Å². The highest BCUT2D eigenvalue weighted by Gasteiger charge is 2.18. The van der Waals surface area contributed by atoms with Crippen LogP contribution in [0.5, 0.6) is 0 Å². The Labute approximate surface area is 58.9 Å². The van der Waals surface area contributed by atoms with Gasteiger partial charge < -0.3 is 4.90 Å². The van der Waals surface area contributed by atoms with Gasteiger partial charge in [-0.05, 0) is 0 Å². The summed E-state index contributed by atoms with van der Waals surface area (Å²) in [6, 6.07) is 0. The van der Waals surface area contributed by atoms with Gasteiger partial charge in [-0.3, -0.25) is 15.2 Å². The highest BCUT2D eigenvalue weighted by molar-refractivity contribution is 6.37. The first-order valence-corrected chi connectivity index (χ1v) is 3.02. The lowest BCUT2D eigenvalue weighted by atomic mass is 10.5. The monoisotopic (exact) mass is 142 g/mol. The molecule has 0 aromatic carbocycles. The van der Waals surface area contributed by atoms with Gasteiger partial charge in [0.15, 0.2) is 5.84 Å². The molecule has 0 atom stereocenters. The van der Waals surface area contributed by atoms with Gasteiger partial charge in [-0.15, -0.1) is 0 Å². The summed E-state index contributed by atoms with van der Waals surface area (Å²) in [5, 5.41) is 0. The minimum atomic E-state index is -0.319. The van der Waals surface area contributed by atoms with E-state index in [4.69, 9.17) is 5.84 Å². The Kier molecular flexibility index (Phi) is 1.86. The predicted octanol–water partition coefficient (Wildman–Crippen LogP) is -1.68. The van der Waals surface area contributed by atoms with Gasteiger partial charge in [0.2, 0.25) is 0 Å². The van der Waals surface area contributed by atoms with Crippen molar-refractivity contribution in [2.75, 3.05) is 20.1 Å². The second-order valence-electron chi connectivity index (χ2n) is 2.10. The van der Waals surface area contributed by atoms with E-state index >= 15 is 0 Å². The molecule has 1 aliphatic rings.